The number of ether oxygens (including phenoxy) is 2. The van der Waals surface area contributed by atoms with Gasteiger partial charge in [-0.2, -0.15) is 0 Å². The van der Waals surface area contributed by atoms with Crippen LogP contribution < -0.4 is 9.47 Å². The molecule has 2 aromatic rings. The van der Waals surface area contributed by atoms with Crippen LogP contribution in [0.5, 0.6) is 11.5 Å². The molecule has 0 spiro atoms. The number of carbonyl (C=O) groups excluding carboxylic acids is 2. The Morgan fingerprint density at radius 3 is 2.04 bits per heavy atom. The van der Waals surface area contributed by atoms with Gasteiger partial charge in [0.25, 0.3) is 0 Å². The van der Waals surface area contributed by atoms with E-state index in [1.807, 2.05) is 43.3 Å². The Kier molecular flexibility index (Phi) is 6.96. The molecule has 26 heavy (non-hydrogen) atoms. The van der Waals surface area contributed by atoms with Gasteiger partial charge in [-0.1, -0.05) is 49.6 Å². The number of unbranched alkanes of at least 4 members (excludes halogenated alkanes) is 2. The second-order valence-electron chi connectivity index (χ2n) is 6.48. The summed E-state index contributed by atoms with van der Waals surface area (Å²) < 4.78 is 11.0. The first-order chi connectivity index (χ1) is 12.4. The summed E-state index contributed by atoms with van der Waals surface area (Å²) in [5, 5.41) is 0. The van der Waals surface area contributed by atoms with Crippen LogP contribution >= 0.6 is 0 Å². The van der Waals surface area contributed by atoms with Crippen LogP contribution in [0.4, 0.5) is 0 Å². The summed E-state index contributed by atoms with van der Waals surface area (Å²) in [6.45, 7) is 6.87. The fraction of sp³-hybridized carbons (Fsp3) is 0.364. The Bertz CT molecular complexity index is 755. The Hall–Kier alpha value is -2.62. The van der Waals surface area contributed by atoms with Crippen molar-refractivity contribution in [2.75, 3.05) is 0 Å². The van der Waals surface area contributed by atoms with Crippen LogP contribution in [0.1, 0.15) is 51.2 Å². The molecular formula is C22H26O4. The molecule has 2 aromatic carbocycles. The van der Waals surface area contributed by atoms with Gasteiger partial charge in [0.15, 0.2) is 0 Å². The molecule has 0 amide bonds. The first-order valence-corrected chi connectivity index (χ1v) is 9.01. The van der Waals surface area contributed by atoms with Gasteiger partial charge in [0.1, 0.15) is 11.5 Å². The van der Waals surface area contributed by atoms with E-state index in [9.17, 15) is 9.59 Å². The number of hydrogen-bond donors (Lipinski definition) is 0. The Labute approximate surface area is 155 Å². The standard InChI is InChI=1S/C22H26O4/c1-5-6-7-10-18-13-20(25-16(3)23)22(21(14-18)26-17(4)24)19-11-8-9-15(2)12-19/h8-9,11-14H,5-7,10H2,1-4H3. The van der Waals surface area contributed by atoms with Gasteiger partial charge in [0, 0.05) is 13.8 Å². The van der Waals surface area contributed by atoms with Crippen LogP contribution in [0.3, 0.4) is 0 Å². The second kappa shape index (κ2) is 9.18. The fourth-order valence-electron chi connectivity index (χ4n) is 2.92. The lowest BCUT2D eigenvalue weighted by molar-refractivity contribution is -0.132. The summed E-state index contributed by atoms with van der Waals surface area (Å²) in [6.07, 6.45) is 4.10. The van der Waals surface area contributed by atoms with E-state index >= 15 is 0 Å². The number of esters is 2. The summed E-state index contributed by atoms with van der Waals surface area (Å²) in [5.74, 6) is 0.0402. The average Bonchev–Trinajstić information content (AvgIpc) is 2.54. The molecular weight excluding hydrogens is 328 g/mol. The third-order valence-electron chi connectivity index (χ3n) is 4.01. The van der Waals surface area contributed by atoms with Gasteiger partial charge >= 0.3 is 11.9 Å². The minimum atomic E-state index is -0.404. The van der Waals surface area contributed by atoms with E-state index in [1.54, 1.807) is 0 Å². The molecule has 0 N–H and O–H groups in total. The monoisotopic (exact) mass is 354 g/mol. The van der Waals surface area contributed by atoms with Crippen LogP contribution in [0, 0.1) is 6.92 Å². The van der Waals surface area contributed by atoms with E-state index in [1.165, 1.54) is 13.8 Å². The lowest BCUT2D eigenvalue weighted by Gasteiger charge is -2.16. The van der Waals surface area contributed by atoms with Gasteiger partial charge < -0.3 is 9.47 Å². The summed E-state index contributed by atoms with van der Waals surface area (Å²) in [7, 11) is 0. The molecule has 2 rings (SSSR count). The van der Waals surface area contributed by atoms with Gasteiger partial charge in [-0.25, -0.2) is 0 Å². The molecule has 0 unspecified atom stereocenters. The molecule has 138 valence electrons. The SMILES string of the molecule is CCCCCc1cc(OC(C)=O)c(-c2cccc(C)c2)c(OC(C)=O)c1. The summed E-state index contributed by atoms with van der Waals surface area (Å²) in [4.78, 5) is 23.3. The van der Waals surface area contributed by atoms with Crippen molar-refractivity contribution in [1.29, 1.82) is 0 Å². The summed E-state index contributed by atoms with van der Waals surface area (Å²) in [5.41, 5.74) is 3.52. The molecule has 0 bridgehead atoms. The third kappa shape index (κ3) is 5.45. The number of carbonyl (C=O) groups is 2. The molecule has 0 aliphatic carbocycles. The van der Waals surface area contributed by atoms with Gasteiger partial charge in [0.2, 0.25) is 0 Å². The van der Waals surface area contributed by atoms with E-state index < -0.39 is 11.9 Å². The van der Waals surface area contributed by atoms with E-state index in [2.05, 4.69) is 6.92 Å². The molecule has 4 nitrogen and oxygen atoms in total. The molecule has 0 atom stereocenters. The maximum atomic E-state index is 11.6. The molecule has 0 aliphatic heterocycles. The maximum Gasteiger partial charge on any atom is 0.308 e. The molecule has 0 saturated carbocycles. The van der Waals surface area contributed by atoms with Gasteiger partial charge in [-0.15, -0.1) is 0 Å². The normalized spacial score (nSPS) is 10.5. The topological polar surface area (TPSA) is 52.6 Å². The first kappa shape index (κ1) is 19.7. The predicted octanol–water partition coefficient (Wildman–Crippen LogP) is 5.25. The predicted molar refractivity (Wildman–Crippen MR) is 102 cm³/mol. The zero-order valence-corrected chi connectivity index (χ0v) is 15.9. The van der Waals surface area contributed by atoms with E-state index in [-0.39, 0.29) is 0 Å². The largest absolute Gasteiger partial charge is 0.426 e. The van der Waals surface area contributed by atoms with Crippen molar-refractivity contribution in [2.45, 2.75) is 53.4 Å². The minimum Gasteiger partial charge on any atom is -0.426 e. The van der Waals surface area contributed by atoms with Crippen LogP contribution in [0.25, 0.3) is 11.1 Å². The van der Waals surface area contributed by atoms with E-state index in [4.69, 9.17) is 9.47 Å². The van der Waals surface area contributed by atoms with Gasteiger partial charge in [-0.3, -0.25) is 9.59 Å². The van der Waals surface area contributed by atoms with Crippen molar-refractivity contribution >= 4 is 11.9 Å². The zero-order chi connectivity index (χ0) is 19.1. The average molecular weight is 354 g/mol. The van der Waals surface area contributed by atoms with Crippen molar-refractivity contribution < 1.29 is 19.1 Å². The molecule has 4 heteroatoms. The molecule has 0 aliphatic rings. The smallest absolute Gasteiger partial charge is 0.308 e. The molecule has 0 radical (unpaired) electrons. The maximum absolute atomic E-state index is 11.6. The van der Waals surface area contributed by atoms with Crippen molar-refractivity contribution in [1.82, 2.24) is 0 Å². The molecule has 0 saturated heterocycles. The first-order valence-electron chi connectivity index (χ1n) is 9.01. The number of hydrogen-bond acceptors (Lipinski definition) is 4. The molecule has 0 heterocycles. The van der Waals surface area contributed by atoms with Crippen molar-refractivity contribution in [3.05, 3.63) is 47.5 Å². The van der Waals surface area contributed by atoms with E-state index in [0.717, 1.165) is 42.4 Å². The Balaban J connectivity index is 2.59. The van der Waals surface area contributed by atoms with Crippen molar-refractivity contribution in [3.8, 4) is 22.6 Å². The highest BCUT2D eigenvalue weighted by molar-refractivity contribution is 5.84. The fourth-order valence-corrected chi connectivity index (χ4v) is 2.92. The molecule has 0 aromatic heterocycles. The highest BCUT2D eigenvalue weighted by atomic mass is 16.5. The number of benzene rings is 2. The lowest BCUT2D eigenvalue weighted by atomic mass is 9.97. The highest BCUT2D eigenvalue weighted by Gasteiger charge is 2.18. The third-order valence-corrected chi connectivity index (χ3v) is 4.01. The number of aryl methyl sites for hydroxylation is 2. The van der Waals surface area contributed by atoms with Crippen LogP contribution in [0.15, 0.2) is 36.4 Å². The summed E-state index contributed by atoms with van der Waals surface area (Å²) >= 11 is 0. The summed E-state index contributed by atoms with van der Waals surface area (Å²) in [6, 6.07) is 11.6. The quantitative estimate of drug-likeness (QED) is 0.387. The Morgan fingerprint density at radius 2 is 1.54 bits per heavy atom. The lowest BCUT2D eigenvalue weighted by Crippen LogP contribution is -2.08. The second-order valence-corrected chi connectivity index (χ2v) is 6.48. The molecule has 0 fully saturated rings. The van der Waals surface area contributed by atoms with E-state index in [0.29, 0.717) is 17.1 Å². The van der Waals surface area contributed by atoms with Gasteiger partial charge in [0.05, 0.1) is 5.56 Å². The van der Waals surface area contributed by atoms with Crippen LogP contribution in [-0.2, 0) is 16.0 Å². The van der Waals surface area contributed by atoms with Crippen molar-refractivity contribution in [3.63, 3.8) is 0 Å². The Morgan fingerprint density at radius 1 is 0.923 bits per heavy atom. The minimum absolute atomic E-state index is 0.404. The van der Waals surface area contributed by atoms with Crippen LogP contribution in [0.2, 0.25) is 0 Å². The van der Waals surface area contributed by atoms with Crippen LogP contribution in [-0.4, -0.2) is 11.9 Å². The van der Waals surface area contributed by atoms with Crippen molar-refractivity contribution in [2.24, 2.45) is 0 Å². The zero-order valence-electron chi connectivity index (χ0n) is 15.9. The number of rotatable bonds is 7. The van der Waals surface area contributed by atoms with Gasteiger partial charge in [-0.05, 0) is 43.0 Å². The highest BCUT2D eigenvalue weighted by Crippen LogP contribution is 2.40.